The molecule has 0 unspecified atom stereocenters. The van der Waals surface area contributed by atoms with Crippen LogP contribution in [0.15, 0.2) is 18.2 Å². The Morgan fingerprint density at radius 1 is 1.36 bits per heavy atom. The Morgan fingerprint density at radius 2 is 2.07 bits per heavy atom. The molecule has 2 rings (SSSR count). The van der Waals surface area contributed by atoms with Crippen LogP contribution >= 0.6 is 22.6 Å². The van der Waals surface area contributed by atoms with Crippen molar-refractivity contribution in [2.24, 2.45) is 0 Å². The number of fused-ring (bicyclic) bond motifs is 1. The van der Waals surface area contributed by atoms with E-state index in [1.54, 1.807) is 0 Å². The van der Waals surface area contributed by atoms with Crippen LogP contribution in [0.25, 0.3) is 6.08 Å². The maximum absolute atomic E-state index is 9.77. The maximum atomic E-state index is 9.77. The van der Waals surface area contributed by atoms with E-state index in [1.807, 2.05) is 38.1 Å². The third-order valence-electron chi connectivity index (χ3n) is 2.15. The molecule has 0 spiro atoms. The maximum Gasteiger partial charge on any atom is 0.139 e. The highest BCUT2D eigenvalue weighted by Gasteiger charge is 2.23. The monoisotopic (exact) mass is 302 g/mol. The standard InChI is InChI=1S/C11H11IO2/c1-11(2)6-5-7-9(14-11)4-3-8(12)10(7)13/h3-6,13H,1-2H3. The predicted octanol–water partition coefficient (Wildman–Crippen LogP) is 3.18. The van der Waals surface area contributed by atoms with Crippen molar-refractivity contribution < 1.29 is 9.84 Å². The zero-order valence-electron chi connectivity index (χ0n) is 8.04. The molecule has 3 heteroatoms. The first kappa shape index (κ1) is 9.83. The van der Waals surface area contributed by atoms with Gasteiger partial charge in [-0.05, 0) is 60.7 Å². The van der Waals surface area contributed by atoms with Crippen LogP contribution in [0.4, 0.5) is 0 Å². The quantitative estimate of drug-likeness (QED) is 0.746. The molecule has 1 N–H and O–H groups in total. The highest BCUT2D eigenvalue weighted by molar-refractivity contribution is 14.1. The van der Waals surface area contributed by atoms with E-state index in [2.05, 4.69) is 22.6 Å². The fourth-order valence-corrected chi connectivity index (χ4v) is 1.88. The number of hydrogen-bond acceptors (Lipinski definition) is 2. The Kier molecular flexibility index (Phi) is 2.21. The van der Waals surface area contributed by atoms with Gasteiger partial charge in [0.15, 0.2) is 0 Å². The molecule has 1 aromatic carbocycles. The van der Waals surface area contributed by atoms with Crippen molar-refractivity contribution in [2.45, 2.75) is 19.4 Å². The average molecular weight is 302 g/mol. The Morgan fingerprint density at radius 3 is 2.79 bits per heavy atom. The normalized spacial score (nSPS) is 17.4. The lowest BCUT2D eigenvalue weighted by atomic mass is 10.0. The lowest BCUT2D eigenvalue weighted by Gasteiger charge is -2.28. The predicted molar refractivity (Wildman–Crippen MR) is 64.6 cm³/mol. The molecule has 0 atom stereocenters. The molecule has 0 saturated carbocycles. The Labute approximate surface area is 96.7 Å². The third kappa shape index (κ3) is 1.61. The number of aromatic hydroxyl groups is 1. The second kappa shape index (κ2) is 3.15. The van der Waals surface area contributed by atoms with Gasteiger partial charge in [0.25, 0.3) is 0 Å². The first-order chi connectivity index (χ1) is 6.49. The first-order valence-electron chi connectivity index (χ1n) is 4.39. The van der Waals surface area contributed by atoms with Crippen LogP contribution in [0.5, 0.6) is 11.5 Å². The summed E-state index contributed by atoms with van der Waals surface area (Å²) in [6, 6.07) is 3.74. The average Bonchev–Trinajstić information content (AvgIpc) is 2.10. The van der Waals surface area contributed by atoms with Crippen LogP contribution in [-0.4, -0.2) is 10.7 Å². The summed E-state index contributed by atoms with van der Waals surface area (Å²) in [4.78, 5) is 0. The molecular formula is C11H11IO2. The van der Waals surface area contributed by atoms with Gasteiger partial charge < -0.3 is 9.84 Å². The summed E-state index contributed by atoms with van der Waals surface area (Å²) in [5, 5.41) is 9.77. The molecule has 74 valence electrons. The number of phenols is 1. The smallest absolute Gasteiger partial charge is 0.139 e. The lowest BCUT2D eigenvalue weighted by molar-refractivity contribution is 0.158. The number of phenolic OH excluding ortho intramolecular Hbond substituents is 1. The van der Waals surface area contributed by atoms with Gasteiger partial charge in [0.2, 0.25) is 0 Å². The molecule has 0 saturated heterocycles. The zero-order chi connectivity index (χ0) is 10.3. The van der Waals surface area contributed by atoms with Crippen LogP contribution in [0, 0.1) is 3.57 Å². The van der Waals surface area contributed by atoms with Crippen LogP contribution in [-0.2, 0) is 0 Å². The third-order valence-corrected chi connectivity index (χ3v) is 3.02. The van der Waals surface area contributed by atoms with Gasteiger partial charge in [-0.25, -0.2) is 0 Å². The largest absolute Gasteiger partial charge is 0.506 e. The number of ether oxygens (including phenoxy) is 1. The molecule has 1 heterocycles. The van der Waals surface area contributed by atoms with Gasteiger partial charge in [-0.2, -0.15) is 0 Å². The zero-order valence-corrected chi connectivity index (χ0v) is 10.2. The van der Waals surface area contributed by atoms with Crippen LogP contribution < -0.4 is 4.74 Å². The van der Waals surface area contributed by atoms with Crippen molar-refractivity contribution in [1.29, 1.82) is 0 Å². The minimum Gasteiger partial charge on any atom is -0.506 e. The van der Waals surface area contributed by atoms with E-state index in [-0.39, 0.29) is 5.60 Å². The Balaban J connectivity index is 2.56. The SMILES string of the molecule is CC1(C)C=Cc2c(ccc(I)c2O)O1. The lowest BCUT2D eigenvalue weighted by Crippen LogP contribution is -2.27. The summed E-state index contributed by atoms with van der Waals surface area (Å²) in [5.74, 6) is 1.05. The molecule has 0 fully saturated rings. The van der Waals surface area contributed by atoms with Gasteiger partial charge in [0, 0.05) is 0 Å². The topological polar surface area (TPSA) is 29.5 Å². The van der Waals surface area contributed by atoms with E-state index in [0.29, 0.717) is 5.75 Å². The summed E-state index contributed by atoms with van der Waals surface area (Å²) in [7, 11) is 0. The number of halogens is 1. The van der Waals surface area contributed by atoms with Gasteiger partial charge in [-0.15, -0.1) is 0 Å². The molecule has 1 aromatic rings. The van der Waals surface area contributed by atoms with Crippen molar-refractivity contribution >= 4 is 28.7 Å². The van der Waals surface area contributed by atoms with Crippen molar-refractivity contribution in [3.63, 3.8) is 0 Å². The molecule has 14 heavy (non-hydrogen) atoms. The van der Waals surface area contributed by atoms with Crippen LogP contribution in [0.1, 0.15) is 19.4 Å². The first-order valence-corrected chi connectivity index (χ1v) is 5.47. The van der Waals surface area contributed by atoms with E-state index in [9.17, 15) is 5.11 Å². The van der Waals surface area contributed by atoms with E-state index in [1.165, 1.54) is 0 Å². The number of hydrogen-bond donors (Lipinski definition) is 1. The molecule has 2 nitrogen and oxygen atoms in total. The van der Waals surface area contributed by atoms with Crippen molar-refractivity contribution in [1.82, 2.24) is 0 Å². The summed E-state index contributed by atoms with van der Waals surface area (Å²) in [6.07, 6.45) is 3.86. The van der Waals surface area contributed by atoms with Crippen molar-refractivity contribution in [2.75, 3.05) is 0 Å². The number of benzene rings is 1. The number of rotatable bonds is 0. The highest BCUT2D eigenvalue weighted by Crippen LogP contribution is 2.38. The Hall–Kier alpha value is -0.710. The van der Waals surface area contributed by atoms with Gasteiger partial charge in [-0.1, -0.05) is 0 Å². The fraction of sp³-hybridized carbons (Fsp3) is 0.273. The minimum atomic E-state index is -0.285. The van der Waals surface area contributed by atoms with Crippen molar-refractivity contribution in [3.8, 4) is 11.5 Å². The van der Waals surface area contributed by atoms with Crippen LogP contribution in [0.2, 0.25) is 0 Å². The summed E-state index contributed by atoms with van der Waals surface area (Å²) < 4.78 is 6.55. The van der Waals surface area contributed by atoms with E-state index < -0.39 is 0 Å². The summed E-state index contributed by atoms with van der Waals surface area (Å²) >= 11 is 2.10. The molecule has 0 aliphatic carbocycles. The fourth-order valence-electron chi connectivity index (χ4n) is 1.41. The highest BCUT2D eigenvalue weighted by atomic mass is 127. The van der Waals surface area contributed by atoms with E-state index in [4.69, 9.17) is 4.74 Å². The summed E-state index contributed by atoms with van der Waals surface area (Å²) in [5.41, 5.74) is 0.489. The Bertz CT molecular complexity index is 408. The van der Waals surface area contributed by atoms with E-state index >= 15 is 0 Å². The van der Waals surface area contributed by atoms with Gasteiger partial charge in [0.1, 0.15) is 17.1 Å². The minimum absolute atomic E-state index is 0.285. The van der Waals surface area contributed by atoms with E-state index in [0.717, 1.165) is 14.9 Å². The molecule has 0 amide bonds. The van der Waals surface area contributed by atoms with Crippen molar-refractivity contribution in [3.05, 3.63) is 27.3 Å². The second-order valence-electron chi connectivity index (χ2n) is 3.85. The summed E-state index contributed by atoms with van der Waals surface area (Å²) in [6.45, 7) is 3.98. The molecular weight excluding hydrogens is 291 g/mol. The molecule has 0 bridgehead atoms. The van der Waals surface area contributed by atoms with Gasteiger partial charge in [-0.3, -0.25) is 0 Å². The second-order valence-corrected chi connectivity index (χ2v) is 5.01. The van der Waals surface area contributed by atoms with Gasteiger partial charge in [0.05, 0.1) is 9.13 Å². The molecule has 0 radical (unpaired) electrons. The molecule has 1 aliphatic heterocycles. The molecule has 0 aromatic heterocycles. The molecule has 1 aliphatic rings. The van der Waals surface area contributed by atoms with Gasteiger partial charge >= 0.3 is 0 Å². The van der Waals surface area contributed by atoms with Crippen LogP contribution in [0.3, 0.4) is 0 Å².